The van der Waals surface area contributed by atoms with E-state index in [4.69, 9.17) is 9.84 Å². The van der Waals surface area contributed by atoms with Crippen LogP contribution in [0.5, 0.6) is 0 Å². The van der Waals surface area contributed by atoms with E-state index in [1.807, 2.05) is 6.92 Å². The fourth-order valence-corrected chi connectivity index (χ4v) is 3.00. The molecule has 0 unspecified atom stereocenters. The molecule has 1 aromatic rings. The van der Waals surface area contributed by atoms with E-state index in [1.165, 1.54) is 0 Å². The molecule has 0 aromatic carbocycles. The Labute approximate surface area is 127 Å². The predicted octanol–water partition coefficient (Wildman–Crippen LogP) is 1.20. The van der Waals surface area contributed by atoms with Crippen molar-refractivity contribution in [3.63, 3.8) is 0 Å². The highest BCUT2D eigenvalue weighted by Gasteiger charge is 2.26. The van der Waals surface area contributed by atoms with Crippen LogP contribution in [0.25, 0.3) is 0 Å². The van der Waals surface area contributed by atoms with Crippen molar-refractivity contribution in [2.24, 2.45) is 0 Å². The Morgan fingerprint density at radius 1 is 1.43 bits per heavy atom. The van der Waals surface area contributed by atoms with Crippen LogP contribution in [0.1, 0.15) is 41.6 Å². The molecule has 1 aliphatic heterocycles. The number of hydrogen-bond acceptors (Lipinski definition) is 6. The van der Waals surface area contributed by atoms with Gasteiger partial charge >= 0.3 is 5.97 Å². The lowest BCUT2D eigenvalue weighted by Gasteiger charge is -2.31. The van der Waals surface area contributed by atoms with Crippen molar-refractivity contribution in [2.45, 2.75) is 38.7 Å². The fraction of sp³-hybridized carbons (Fsp3) is 0.692. The van der Waals surface area contributed by atoms with Crippen LogP contribution in [0.3, 0.4) is 0 Å². The SMILES string of the molecule is CCc1nnsc1C(=O)N1CCC(OCCC(=O)O)CC1. The number of aromatic nitrogens is 2. The number of aryl methyl sites for hydroxylation is 1. The monoisotopic (exact) mass is 313 g/mol. The first kappa shape index (κ1) is 15.8. The van der Waals surface area contributed by atoms with Crippen LogP contribution in [0.2, 0.25) is 0 Å². The first-order valence-electron chi connectivity index (χ1n) is 7.05. The first-order chi connectivity index (χ1) is 10.1. The van der Waals surface area contributed by atoms with Crippen molar-refractivity contribution in [2.75, 3.05) is 19.7 Å². The summed E-state index contributed by atoms with van der Waals surface area (Å²) in [5.41, 5.74) is 0.754. The smallest absolute Gasteiger partial charge is 0.305 e. The summed E-state index contributed by atoms with van der Waals surface area (Å²) in [4.78, 5) is 25.2. The van der Waals surface area contributed by atoms with Gasteiger partial charge in [-0.15, -0.1) is 5.10 Å². The summed E-state index contributed by atoms with van der Waals surface area (Å²) in [5.74, 6) is -0.863. The molecule has 21 heavy (non-hydrogen) atoms. The van der Waals surface area contributed by atoms with E-state index in [9.17, 15) is 9.59 Å². The van der Waals surface area contributed by atoms with Crippen LogP contribution < -0.4 is 0 Å². The van der Waals surface area contributed by atoms with Crippen molar-refractivity contribution in [3.05, 3.63) is 10.6 Å². The van der Waals surface area contributed by atoms with Gasteiger partial charge in [-0.05, 0) is 30.8 Å². The summed E-state index contributed by atoms with van der Waals surface area (Å²) in [7, 11) is 0. The van der Waals surface area contributed by atoms with E-state index >= 15 is 0 Å². The molecule has 7 nitrogen and oxygen atoms in total. The van der Waals surface area contributed by atoms with E-state index < -0.39 is 5.97 Å². The lowest BCUT2D eigenvalue weighted by atomic mass is 10.1. The Morgan fingerprint density at radius 3 is 2.76 bits per heavy atom. The Bertz CT molecular complexity index is 497. The van der Waals surface area contributed by atoms with Crippen LogP contribution in [0.15, 0.2) is 0 Å². The minimum atomic E-state index is -0.854. The number of ether oxygens (including phenoxy) is 1. The first-order valence-corrected chi connectivity index (χ1v) is 7.83. The summed E-state index contributed by atoms with van der Waals surface area (Å²) in [5, 5.41) is 12.5. The number of hydrogen-bond donors (Lipinski definition) is 1. The second-order valence-electron chi connectivity index (χ2n) is 4.91. The van der Waals surface area contributed by atoms with Crippen molar-refractivity contribution in [1.29, 1.82) is 0 Å². The van der Waals surface area contributed by atoms with Crippen LogP contribution in [0, 0.1) is 0 Å². The summed E-state index contributed by atoms with van der Waals surface area (Å²) >= 11 is 1.14. The van der Waals surface area contributed by atoms with Gasteiger partial charge in [0.1, 0.15) is 4.88 Å². The molecule has 1 amide bonds. The standard InChI is InChI=1S/C13H19N3O4S/c1-2-10-12(21-15-14-10)13(19)16-6-3-9(4-7-16)20-8-5-11(17)18/h9H,2-8H2,1H3,(H,17,18). The number of nitrogens with zero attached hydrogens (tertiary/aromatic N) is 3. The van der Waals surface area contributed by atoms with E-state index in [1.54, 1.807) is 4.90 Å². The maximum atomic E-state index is 12.4. The van der Waals surface area contributed by atoms with E-state index in [0.717, 1.165) is 30.1 Å². The molecule has 1 aliphatic rings. The zero-order chi connectivity index (χ0) is 15.2. The van der Waals surface area contributed by atoms with Crippen molar-refractivity contribution in [3.8, 4) is 0 Å². The molecule has 1 fully saturated rings. The van der Waals surface area contributed by atoms with Crippen LogP contribution >= 0.6 is 11.5 Å². The van der Waals surface area contributed by atoms with Gasteiger partial charge in [-0.25, -0.2) is 0 Å². The van der Waals surface area contributed by atoms with Gasteiger partial charge in [0.05, 0.1) is 24.8 Å². The molecule has 0 aliphatic carbocycles. The highest BCUT2D eigenvalue weighted by molar-refractivity contribution is 7.08. The molecular formula is C13H19N3O4S. The van der Waals surface area contributed by atoms with Gasteiger partial charge in [0.25, 0.3) is 5.91 Å². The summed E-state index contributed by atoms with van der Waals surface area (Å²) < 4.78 is 9.36. The zero-order valence-corrected chi connectivity index (χ0v) is 12.8. The average Bonchev–Trinajstić information content (AvgIpc) is 2.95. The second-order valence-corrected chi connectivity index (χ2v) is 5.66. The minimum Gasteiger partial charge on any atom is -0.481 e. The van der Waals surface area contributed by atoms with Gasteiger partial charge in [0.2, 0.25) is 0 Å². The van der Waals surface area contributed by atoms with Gasteiger partial charge in [0.15, 0.2) is 0 Å². The lowest BCUT2D eigenvalue weighted by Crippen LogP contribution is -2.41. The van der Waals surface area contributed by atoms with E-state index in [0.29, 0.717) is 24.4 Å². The minimum absolute atomic E-state index is 0.00849. The zero-order valence-electron chi connectivity index (χ0n) is 11.9. The van der Waals surface area contributed by atoms with Crippen molar-refractivity contribution >= 4 is 23.4 Å². The Balaban J connectivity index is 1.81. The van der Waals surface area contributed by atoms with Crippen molar-refractivity contribution in [1.82, 2.24) is 14.5 Å². The van der Waals surface area contributed by atoms with Gasteiger partial charge in [-0.3, -0.25) is 9.59 Å². The third kappa shape index (κ3) is 4.21. The molecular weight excluding hydrogens is 294 g/mol. The van der Waals surface area contributed by atoms with Gasteiger partial charge in [-0.2, -0.15) is 0 Å². The van der Waals surface area contributed by atoms with Gasteiger partial charge < -0.3 is 14.7 Å². The molecule has 8 heteroatoms. The molecule has 1 aromatic heterocycles. The molecule has 2 heterocycles. The Hall–Kier alpha value is -1.54. The number of aliphatic carboxylic acids is 1. The molecule has 0 bridgehead atoms. The number of carbonyl (C=O) groups excluding carboxylic acids is 1. The number of amides is 1. The molecule has 0 saturated carbocycles. The number of carboxylic acid groups (broad SMARTS) is 1. The maximum Gasteiger partial charge on any atom is 0.305 e. The molecule has 1 saturated heterocycles. The fourth-order valence-electron chi connectivity index (χ4n) is 2.28. The maximum absolute atomic E-state index is 12.4. The topological polar surface area (TPSA) is 92.6 Å². The van der Waals surface area contributed by atoms with Gasteiger partial charge in [-0.1, -0.05) is 11.4 Å². The van der Waals surface area contributed by atoms with Gasteiger partial charge in [0, 0.05) is 13.1 Å². The Kier molecular flexibility index (Phi) is 5.63. The summed E-state index contributed by atoms with van der Waals surface area (Å²) in [6, 6.07) is 0. The quantitative estimate of drug-likeness (QED) is 0.848. The van der Waals surface area contributed by atoms with E-state index in [-0.39, 0.29) is 25.0 Å². The number of piperidine rings is 1. The third-order valence-electron chi connectivity index (χ3n) is 3.48. The Morgan fingerprint density at radius 2 is 2.14 bits per heavy atom. The third-order valence-corrected chi connectivity index (χ3v) is 4.24. The number of carbonyl (C=O) groups is 2. The summed E-state index contributed by atoms with van der Waals surface area (Å²) in [6.07, 6.45) is 2.23. The largest absolute Gasteiger partial charge is 0.481 e. The van der Waals surface area contributed by atoms with Crippen LogP contribution in [0.4, 0.5) is 0 Å². The number of carboxylic acids is 1. The second kappa shape index (κ2) is 7.46. The molecule has 0 spiro atoms. The normalized spacial score (nSPS) is 16.1. The van der Waals surface area contributed by atoms with Crippen molar-refractivity contribution < 1.29 is 19.4 Å². The lowest BCUT2D eigenvalue weighted by molar-refractivity contribution is -0.138. The average molecular weight is 313 g/mol. The summed E-state index contributed by atoms with van der Waals surface area (Å²) in [6.45, 7) is 3.43. The molecule has 0 radical (unpaired) electrons. The molecule has 0 atom stereocenters. The molecule has 2 rings (SSSR count). The van der Waals surface area contributed by atoms with Crippen LogP contribution in [-0.4, -0.2) is 57.3 Å². The predicted molar refractivity (Wildman–Crippen MR) is 76.4 cm³/mol. The highest BCUT2D eigenvalue weighted by atomic mass is 32.1. The van der Waals surface area contributed by atoms with Crippen LogP contribution in [-0.2, 0) is 16.0 Å². The highest BCUT2D eigenvalue weighted by Crippen LogP contribution is 2.19. The number of likely N-dealkylation sites (tertiary alicyclic amines) is 1. The van der Waals surface area contributed by atoms with E-state index in [2.05, 4.69) is 9.59 Å². The molecule has 116 valence electrons. The molecule has 1 N–H and O–H groups in total. The number of rotatable bonds is 6.